The van der Waals surface area contributed by atoms with Gasteiger partial charge in [0.15, 0.2) is 6.10 Å². The van der Waals surface area contributed by atoms with Crippen molar-refractivity contribution in [2.75, 3.05) is 26.4 Å². The number of carbonyl (C=O) groups is 2. The van der Waals surface area contributed by atoms with Gasteiger partial charge in [-0.05, 0) is 64.2 Å². The molecule has 0 aliphatic heterocycles. The normalized spacial score (nSPS) is 13.1. The number of nitrogens with two attached hydrogens (primary N) is 1. The average Bonchev–Trinajstić information content (AvgIpc) is 1.57. The Morgan fingerprint density at radius 2 is 0.561 bits per heavy atom. The minimum Gasteiger partial charge on any atom is -0.462 e. The fourth-order valence-corrected chi connectivity index (χ4v) is 13.8. The van der Waals surface area contributed by atoms with E-state index in [0.29, 0.717) is 6.42 Å². The van der Waals surface area contributed by atoms with Crippen LogP contribution in [-0.2, 0) is 32.7 Å². The summed E-state index contributed by atoms with van der Waals surface area (Å²) in [5.41, 5.74) is 5.42. The molecule has 2 atom stereocenters. The van der Waals surface area contributed by atoms with Gasteiger partial charge in [-0.1, -0.05) is 440 Å². The highest BCUT2D eigenvalue weighted by Gasteiger charge is 2.26. The third-order valence-corrected chi connectivity index (χ3v) is 20.3. The molecule has 0 rings (SSSR count). The van der Waals surface area contributed by atoms with Gasteiger partial charge in [0, 0.05) is 19.4 Å². The van der Waals surface area contributed by atoms with Crippen molar-refractivity contribution < 1.29 is 37.6 Å². The molecule has 0 aromatic carbocycles. The molecule has 0 spiro atoms. The van der Waals surface area contributed by atoms with Crippen molar-refractivity contribution in [1.29, 1.82) is 0 Å². The monoisotopic (exact) mass is 1390 g/mol. The molecule has 0 aliphatic rings. The number of hydrogen-bond donors (Lipinski definition) is 2. The van der Waals surface area contributed by atoms with Gasteiger partial charge in [0.2, 0.25) is 0 Å². The van der Waals surface area contributed by atoms with E-state index in [0.717, 1.165) is 70.6 Å². The van der Waals surface area contributed by atoms with Crippen molar-refractivity contribution >= 4 is 19.8 Å². The molecule has 0 amide bonds. The Morgan fingerprint density at radius 1 is 0.316 bits per heavy atom. The molecule has 0 saturated heterocycles. The summed E-state index contributed by atoms with van der Waals surface area (Å²) in [6.07, 6.45) is 112. The van der Waals surface area contributed by atoms with Gasteiger partial charge in [0.1, 0.15) is 6.61 Å². The topological polar surface area (TPSA) is 134 Å². The van der Waals surface area contributed by atoms with Gasteiger partial charge in [-0.2, -0.15) is 0 Å². The van der Waals surface area contributed by atoms with Gasteiger partial charge >= 0.3 is 19.8 Å². The summed E-state index contributed by atoms with van der Waals surface area (Å²) in [6.45, 7) is 3.71. The Hall–Kier alpha value is -2.55. The van der Waals surface area contributed by atoms with Crippen LogP contribution < -0.4 is 5.73 Å². The van der Waals surface area contributed by atoms with E-state index < -0.39 is 26.5 Å². The molecule has 0 aliphatic carbocycles. The molecule has 10 heteroatoms. The summed E-state index contributed by atoms with van der Waals surface area (Å²) < 4.78 is 33.3. The molecule has 0 bridgehead atoms. The maximum absolute atomic E-state index is 12.8. The molecule has 0 aromatic heterocycles. The molecule has 0 fully saturated rings. The van der Waals surface area contributed by atoms with Gasteiger partial charge < -0.3 is 20.1 Å². The highest BCUT2D eigenvalue weighted by atomic mass is 31.2. The number of hydrogen-bond acceptors (Lipinski definition) is 8. The summed E-state index contributed by atoms with van der Waals surface area (Å²) >= 11 is 0. The molecule has 0 radical (unpaired) electrons. The molecule has 2 unspecified atom stereocenters. The molecular weight excluding hydrogens is 1230 g/mol. The fourth-order valence-electron chi connectivity index (χ4n) is 13.1. The van der Waals surface area contributed by atoms with Crippen molar-refractivity contribution in [2.24, 2.45) is 5.73 Å². The highest BCUT2D eigenvalue weighted by Crippen LogP contribution is 2.43. The number of allylic oxidation sites excluding steroid dienone is 12. The lowest BCUT2D eigenvalue weighted by molar-refractivity contribution is -0.161. The smallest absolute Gasteiger partial charge is 0.462 e. The van der Waals surface area contributed by atoms with E-state index in [4.69, 9.17) is 24.3 Å². The standard InChI is InChI=1S/C88H164NO8P/c1-3-5-7-9-11-13-15-17-19-21-23-25-27-29-31-33-35-37-39-41-42-43-45-46-48-50-52-54-56-58-60-62-64-66-68-70-72-74-76-78-80-87(90)94-84-86(85-96-98(92,93)95-83-82-89)97-88(91)81-79-77-75-73-71-69-67-65-63-61-59-57-55-53-51-49-47-44-40-38-36-34-32-30-28-26-24-22-20-18-16-14-12-10-8-6-4-2/h6,8,12,14,18,20,24,26,30,32,36,38,86H,3-5,7,9-11,13,15-17,19,21-23,25,27-29,31,33-35,37,39-85,89H2,1-2H3,(H,92,93)/b8-6-,14-12-,20-18-,26-24-,32-30-,38-36-. The Morgan fingerprint density at radius 3 is 0.837 bits per heavy atom. The van der Waals surface area contributed by atoms with Crippen molar-refractivity contribution in [3.05, 3.63) is 72.9 Å². The minimum absolute atomic E-state index is 0.0547. The van der Waals surface area contributed by atoms with Crippen LogP contribution in [0.4, 0.5) is 0 Å². The Kier molecular flexibility index (Phi) is 81.2. The fraction of sp³-hybridized carbons (Fsp3) is 0.841. The largest absolute Gasteiger partial charge is 0.472 e. The third kappa shape index (κ3) is 82.4. The number of esters is 2. The number of phosphoric acid groups is 1. The first-order chi connectivity index (χ1) is 48.3. The zero-order valence-electron chi connectivity index (χ0n) is 65.0. The van der Waals surface area contributed by atoms with Crippen LogP contribution in [0, 0.1) is 0 Å². The Labute approximate surface area is 609 Å². The number of phosphoric ester groups is 1. The van der Waals surface area contributed by atoms with Crippen LogP contribution in [0.5, 0.6) is 0 Å². The number of rotatable bonds is 82. The molecule has 98 heavy (non-hydrogen) atoms. The highest BCUT2D eigenvalue weighted by molar-refractivity contribution is 7.47. The SMILES string of the molecule is CC/C=C\C/C=C\C/C=C\C/C=C\C/C=C\C/C=C\CCCCCCCCCCCCCCCCCCCCC(=O)OC(COC(=O)CCCCCCCCCCCCCCCCCCCCCCCCCCCCCCCCCCCCCCCCCC)COP(=O)(O)OCCN. The maximum atomic E-state index is 12.8. The van der Waals surface area contributed by atoms with E-state index in [2.05, 4.69) is 86.8 Å². The van der Waals surface area contributed by atoms with E-state index in [9.17, 15) is 19.0 Å². The van der Waals surface area contributed by atoms with Crippen molar-refractivity contribution in [3.8, 4) is 0 Å². The summed E-state index contributed by atoms with van der Waals surface area (Å²) in [5.74, 6) is -0.804. The minimum atomic E-state index is -4.40. The first-order valence-electron chi connectivity index (χ1n) is 42.9. The van der Waals surface area contributed by atoms with E-state index >= 15 is 0 Å². The lowest BCUT2D eigenvalue weighted by Crippen LogP contribution is -2.29. The first-order valence-corrected chi connectivity index (χ1v) is 44.4. The molecule has 0 heterocycles. The van der Waals surface area contributed by atoms with Gasteiger partial charge in [0.25, 0.3) is 0 Å². The second kappa shape index (κ2) is 83.4. The number of unbranched alkanes of at least 4 members (excludes halogenated alkanes) is 57. The van der Waals surface area contributed by atoms with E-state index in [1.54, 1.807) is 0 Å². The molecule has 0 saturated carbocycles. The molecule has 9 nitrogen and oxygen atoms in total. The Bertz CT molecular complexity index is 1840. The molecule has 574 valence electrons. The maximum Gasteiger partial charge on any atom is 0.472 e. The van der Waals surface area contributed by atoms with Gasteiger partial charge in [0.05, 0.1) is 13.2 Å². The van der Waals surface area contributed by atoms with Crippen LogP contribution >= 0.6 is 7.82 Å². The average molecular weight is 1400 g/mol. The molecule has 3 N–H and O–H groups in total. The lowest BCUT2D eigenvalue weighted by Gasteiger charge is -2.19. The Balaban J connectivity index is 3.73. The number of carbonyl (C=O) groups excluding carboxylic acids is 2. The van der Waals surface area contributed by atoms with Crippen LogP contribution in [-0.4, -0.2) is 49.3 Å². The van der Waals surface area contributed by atoms with E-state index in [1.165, 1.54) is 340 Å². The zero-order valence-corrected chi connectivity index (χ0v) is 65.9. The predicted octanol–water partition coefficient (Wildman–Crippen LogP) is 29.0. The van der Waals surface area contributed by atoms with Crippen LogP contribution in [0.3, 0.4) is 0 Å². The molecular formula is C88H164NO8P. The number of ether oxygens (including phenoxy) is 2. The van der Waals surface area contributed by atoms with Gasteiger partial charge in [-0.15, -0.1) is 0 Å². The van der Waals surface area contributed by atoms with Gasteiger partial charge in [-0.3, -0.25) is 18.6 Å². The van der Waals surface area contributed by atoms with Crippen LogP contribution in [0.25, 0.3) is 0 Å². The van der Waals surface area contributed by atoms with Crippen LogP contribution in [0.2, 0.25) is 0 Å². The first kappa shape index (κ1) is 95.5. The third-order valence-electron chi connectivity index (χ3n) is 19.4. The van der Waals surface area contributed by atoms with E-state index in [1.807, 2.05) is 0 Å². The summed E-state index contributed by atoms with van der Waals surface area (Å²) in [4.78, 5) is 35.5. The quantitative estimate of drug-likeness (QED) is 0.0264. The second-order valence-electron chi connectivity index (χ2n) is 29.0. The second-order valence-corrected chi connectivity index (χ2v) is 30.5. The summed E-state index contributed by atoms with van der Waals surface area (Å²) in [6, 6.07) is 0. The van der Waals surface area contributed by atoms with Crippen molar-refractivity contribution in [1.82, 2.24) is 0 Å². The molecule has 0 aromatic rings. The zero-order chi connectivity index (χ0) is 70.8. The van der Waals surface area contributed by atoms with Crippen molar-refractivity contribution in [3.63, 3.8) is 0 Å². The van der Waals surface area contributed by atoms with Crippen LogP contribution in [0.1, 0.15) is 444 Å². The predicted molar refractivity (Wildman–Crippen MR) is 427 cm³/mol. The summed E-state index contributed by atoms with van der Waals surface area (Å²) in [5, 5.41) is 0. The van der Waals surface area contributed by atoms with E-state index in [-0.39, 0.29) is 38.6 Å². The van der Waals surface area contributed by atoms with Crippen LogP contribution in [0.15, 0.2) is 72.9 Å². The van der Waals surface area contributed by atoms with Gasteiger partial charge in [-0.25, -0.2) is 4.57 Å². The lowest BCUT2D eigenvalue weighted by atomic mass is 10.0. The summed E-state index contributed by atoms with van der Waals surface area (Å²) in [7, 11) is -4.40. The van der Waals surface area contributed by atoms with Crippen molar-refractivity contribution in [2.45, 2.75) is 450 Å².